The summed E-state index contributed by atoms with van der Waals surface area (Å²) in [7, 11) is 4.61. The number of anilines is 1. The van der Waals surface area contributed by atoms with Gasteiger partial charge in [-0.3, -0.25) is 4.79 Å². The lowest BCUT2D eigenvalue weighted by Crippen LogP contribution is -2.14. The molecule has 1 amide bonds. The molecule has 0 unspecified atom stereocenters. The van der Waals surface area contributed by atoms with Crippen LogP contribution >= 0.6 is 0 Å². The molecule has 0 aliphatic heterocycles. The van der Waals surface area contributed by atoms with Crippen LogP contribution in [0.3, 0.4) is 0 Å². The molecule has 0 fully saturated rings. The number of carbonyl (C=O) groups is 1. The number of nitrogens with one attached hydrogen (secondary N) is 1. The largest absolute Gasteiger partial charge is 0.494 e. The van der Waals surface area contributed by atoms with E-state index in [1.54, 1.807) is 28.9 Å². The molecular weight excluding hydrogens is 448 g/mol. The van der Waals surface area contributed by atoms with Crippen LogP contribution in [-0.2, 0) is 0 Å². The number of benzene rings is 3. The molecular formula is C26H26N4O5. The fourth-order valence-electron chi connectivity index (χ4n) is 3.54. The van der Waals surface area contributed by atoms with Crippen LogP contribution in [0.15, 0.2) is 66.7 Å². The van der Waals surface area contributed by atoms with E-state index >= 15 is 0 Å². The van der Waals surface area contributed by atoms with Crippen LogP contribution in [0.4, 0.5) is 5.69 Å². The standard InChI is InChI=1S/C26H26N4O5/c1-5-35-20-13-11-19(12-14-20)30-25(17-15-21(32-2)23(34-4)22(16-17)33-3)28-24(29-30)26(31)27-18-9-7-6-8-10-18/h6-16H,5H2,1-4H3,(H,27,31). The number of rotatable bonds is 9. The lowest BCUT2D eigenvalue weighted by Gasteiger charge is -2.14. The fraction of sp³-hybridized carbons (Fsp3) is 0.192. The first-order chi connectivity index (χ1) is 17.1. The summed E-state index contributed by atoms with van der Waals surface area (Å²) in [5, 5.41) is 7.35. The van der Waals surface area contributed by atoms with E-state index in [-0.39, 0.29) is 5.82 Å². The van der Waals surface area contributed by atoms with Crippen LogP contribution in [0.25, 0.3) is 17.1 Å². The van der Waals surface area contributed by atoms with Gasteiger partial charge in [0.1, 0.15) is 5.75 Å². The fourth-order valence-corrected chi connectivity index (χ4v) is 3.54. The Morgan fingerprint density at radius 3 is 2.14 bits per heavy atom. The van der Waals surface area contributed by atoms with Gasteiger partial charge in [-0.05, 0) is 55.5 Å². The highest BCUT2D eigenvalue weighted by Crippen LogP contribution is 2.41. The van der Waals surface area contributed by atoms with E-state index in [1.165, 1.54) is 21.3 Å². The number of aromatic nitrogens is 3. The average molecular weight is 475 g/mol. The third-order valence-corrected chi connectivity index (χ3v) is 5.16. The molecule has 0 bridgehead atoms. The summed E-state index contributed by atoms with van der Waals surface area (Å²) in [4.78, 5) is 17.6. The van der Waals surface area contributed by atoms with Gasteiger partial charge < -0.3 is 24.3 Å². The normalized spacial score (nSPS) is 10.5. The first-order valence-electron chi connectivity index (χ1n) is 10.9. The topological polar surface area (TPSA) is 96.7 Å². The smallest absolute Gasteiger partial charge is 0.295 e. The van der Waals surface area contributed by atoms with Crippen molar-refractivity contribution in [2.75, 3.05) is 33.3 Å². The van der Waals surface area contributed by atoms with Crippen molar-refractivity contribution >= 4 is 11.6 Å². The Morgan fingerprint density at radius 1 is 0.914 bits per heavy atom. The Balaban J connectivity index is 1.82. The van der Waals surface area contributed by atoms with E-state index in [1.807, 2.05) is 49.4 Å². The van der Waals surface area contributed by atoms with Gasteiger partial charge in [0.15, 0.2) is 17.3 Å². The van der Waals surface area contributed by atoms with Crippen LogP contribution < -0.4 is 24.3 Å². The van der Waals surface area contributed by atoms with Crippen molar-refractivity contribution in [3.8, 4) is 40.1 Å². The number of para-hydroxylation sites is 1. The zero-order valence-electron chi connectivity index (χ0n) is 19.9. The minimum atomic E-state index is -0.436. The molecule has 9 heteroatoms. The van der Waals surface area contributed by atoms with Crippen LogP contribution in [-0.4, -0.2) is 48.6 Å². The van der Waals surface area contributed by atoms with Gasteiger partial charge in [-0.1, -0.05) is 18.2 Å². The predicted molar refractivity (Wildman–Crippen MR) is 132 cm³/mol. The van der Waals surface area contributed by atoms with Crippen molar-refractivity contribution in [2.24, 2.45) is 0 Å². The molecule has 4 aromatic rings. The maximum atomic E-state index is 13.0. The summed E-state index contributed by atoms with van der Waals surface area (Å²) >= 11 is 0. The average Bonchev–Trinajstić information content (AvgIpc) is 3.35. The first kappa shape index (κ1) is 23.6. The molecule has 1 N–H and O–H groups in total. The Bertz CT molecular complexity index is 1280. The maximum absolute atomic E-state index is 13.0. The van der Waals surface area contributed by atoms with E-state index in [0.29, 0.717) is 46.6 Å². The maximum Gasteiger partial charge on any atom is 0.295 e. The number of amides is 1. The SMILES string of the molecule is CCOc1ccc(-n2nc(C(=O)Nc3ccccc3)nc2-c2cc(OC)c(OC)c(OC)c2)cc1. The lowest BCUT2D eigenvalue weighted by molar-refractivity contribution is 0.101. The van der Waals surface area contributed by atoms with Crippen molar-refractivity contribution in [2.45, 2.75) is 6.92 Å². The molecule has 9 nitrogen and oxygen atoms in total. The summed E-state index contributed by atoms with van der Waals surface area (Å²) in [5.41, 5.74) is 1.97. The van der Waals surface area contributed by atoms with Crippen LogP contribution in [0.5, 0.6) is 23.0 Å². The Labute approximate surface area is 203 Å². The van der Waals surface area contributed by atoms with Gasteiger partial charge in [0.25, 0.3) is 5.91 Å². The number of carbonyl (C=O) groups excluding carboxylic acids is 1. The van der Waals surface area contributed by atoms with Crippen molar-refractivity contribution in [1.29, 1.82) is 0 Å². The highest BCUT2D eigenvalue weighted by Gasteiger charge is 2.22. The van der Waals surface area contributed by atoms with Gasteiger partial charge >= 0.3 is 0 Å². The highest BCUT2D eigenvalue weighted by molar-refractivity contribution is 6.01. The molecule has 0 aliphatic rings. The van der Waals surface area contributed by atoms with E-state index in [9.17, 15) is 4.79 Å². The number of ether oxygens (including phenoxy) is 4. The van der Waals surface area contributed by atoms with Gasteiger partial charge in [0, 0.05) is 11.3 Å². The molecule has 0 saturated carbocycles. The molecule has 0 spiro atoms. The molecule has 0 atom stereocenters. The summed E-state index contributed by atoms with van der Waals surface area (Å²) in [6, 6.07) is 20.0. The van der Waals surface area contributed by atoms with Gasteiger partial charge in [0.05, 0.1) is 33.6 Å². The zero-order valence-corrected chi connectivity index (χ0v) is 19.9. The molecule has 0 aliphatic carbocycles. The quantitative estimate of drug-likeness (QED) is 0.378. The summed E-state index contributed by atoms with van der Waals surface area (Å²) < 4.78 is 23.6. The number of hydrogen-bond acceptors (Lipinski definition) is 7. The minimum Gasteiger partial charge on any atom is -0.494 e. The zero-order chi connectivity index (χ0) is 24.8. The highest BCUT2D eigenvalue weighted by atomic mass is 16.5. The molecule has 1 aromatic heterocycles. The van der Waals surface area contributed by atoms with Crippen molar-refractivity contribution in [3.63, 3.8) is 0 Å². The van der Waals surface area contributed by atoms with E-state index < -0.39 is 5.91 Å². The van der Waals surface area contributed by atoms with Gasteiger partial charge in [-0.15, -0.1) is 5.10 Å². The first-order valence-corrected chi connectivity index (χ1v) is 10.9. The second-order valence-electron chi connectivity index (χ2n) is 7.33. The summed E-state index contributed by atoms with van der Waals surface area (Å²) in [5.74, 6) is 2.09. The number of nitrogens with zero attached hydrogens (tertiary/aromatic N) is 3. The van der Waals surface area contributed by atoms with Crippen molar-refractivity contribution < 1.29 is 23.7 Å². The van der Waals surface area contributed by atoms with Crippen LogP contribution in [0.1, 0.15) is 17.5 Å². The molecule has 1 heterocycles. The van der Waals surface area contributed by atoms with Crippen LogP contribution in [0.2, 0.25) is 0 Å². The van der Waals surface area contributed by atoms with E-state index in [2.05, 4.69) is 15.4 Å². The molecule has 4 rings (SSSR count). The molecule has 0 saturated heterocycles. The Morgan fingerprint density at radius 2 is 1.57 bits per heavy atom. The summed E-state index contributed by atoms with van der Waals surface area (Å²) in [6.07, 6.45) is 0. The lowest BCUT2D eigenvalue weighted by atomic mass is 10.1. The molecule has 35 heavy (non-hydrogen) atoms. The third-order valence-electron chi connectivity index (χ3n) is 5.16. The van der Waals surface area contributed by atoms with Gasteiger partial charge in [-0.2, -0.15) is 0 Å². The molecule has 0 radical (unpaired) electrons. The minimum absolute atomic E-state index is 0.00601. The Hall–Kier alpha value is -4.53. The third kappa shape index (κ3) is 5.03. The second kappa shape index (κ2) is 10.6. The number of hydrogen-bond donors (Lipinski definition) is 1. The van der Waals surface area contributed by atoms with E-state index in [0.717, 1.165) is 5.75 Å². The summed E-state index contributed by atoms with van der Waals surface area (Å²) in [6.45, 7) is 2.48. The monoisotopic (exact) mass is 474 g/mol. The van der Waals surface area contributed by atoms with Crippen molar-refractivity contribution in [3.05, 3.63) is 72.6 Å². The second-order valence-corrected chi connectivity index (χ2v) is 7.33. The van der Waals surface area contributed by atoms with Gasteiger partial charge in [-0.25, -0.2) is 9.67 Å². The van der Waals surface area contributed by atoms with Crippen molar-refractivity contribution in [1.82, 2.24) is 14.8 Å². The van der Waals surface area contributed by atoms with Crippen LogP contribution in [0, 0.1) is 0 Å². The van der Waals surface area contributed by atoms with Gasteiger partial charge in [0.2, 0.25) is 11.6 Å². The Kier molecular flexibility index (Phi) is 7.15. The number of methoxy groups -OCH3 is 3. The molecule has 3 aromatic carbocycles. The molecule has 180 valence electrons. The van der Waals surface area contributed by atoms with E-state index in [4.69, 9.17) is 18.9 Å². The predicted octanol–water partition coefficient (Wildman–Crippen LogP) is 4.61.